The van der Waals surface area contributed by atoms with Crippen molar-refractivity contribution in [3.63, 3.8) is 0 Å². The first-order valence-corrected chi connectivity index (χ1v) is 9.87. The van der Waals surface area contributed by atoms with Gasteiger partial charge in [0.05, 0.1) is 0 Å². The molecule has 0 unspecified atom stereocenters. The smallest absolute Gasteiger partial charge is 0.0277 e. The minimum absolute atomic E-state index is 1.41. The molecular weight excluding hydrogens is 252 g/mol. The molecule has 0 aromatic rings. The van der Waals surface area contributed by atoms with Crippen LogP contribution in [-0.2, 0) is 0 Å². The molecule has 3 saturated carbocycles. The summed E-state index contributed by atoms with van der Waals surface area (Å²) >= 11 is 0. The van der Waals surface area contributed by atoms with Crippen molar-refractivity contribution in [2.45, 2.75) is 109 Å². The summed E-state index contributed by atoms with van der Waals surface area (Å²) in [6, 6.07) is 0. The normalized spacial score (nSPS) is 26.3. The van der Waals surface area contributed by atoms with Gasteiger partial charge in [-0.3, -0.25) is 0 Å². The Hall–Kier alpha value is -0.520. The van der Waals surface area contributed by atoms with Gasteiger partial charge in [0.25, 0.3) is 0 Å². The molecule has 3 aliphatic rings. The van der Waals surface area contributed by atoms with Crippen LogP contribution in [0.15, 0.2) is 22.3 Å². The van der Waals surface area contributed by atoms with Crippen LogP contribution in [0, 0.1) is 0 Å². The fourth-order valence-corrected chi connectivity index (χ4v) is 4.78. The van der Waals surface area contributed by atoms with Crippen LogP contribution < -0.4 is 0 Å². The molecule has 118 valence electrons. The summed E-state index contributed by atoms with van der Waals surface area (Å²) in [5, 5.41) is 0. The quantitative estimate of drug-likeness (QED) is 0.411. The van der Waals surface area contributed by atoms with E-state index in [1.807, 2.05) is 22.3 Å². The Morgan fingerprint density at radius 3 is 0.952 bits per heavy atom. The zero-order chi connectivity index (χ0) is 14.3. The molecular formula is C21H34. The second-order valence-corrected chi connectivity index (χ2v) is 7.55. The second-order valence-electron chi connectivity index (χ2n) is 7.55. The van der Waals surface area contributed by atoms with E-state index in [1.165, 1.54) is 109 Å². The third kappa shape index (κ3) is 4.24. The van der Waals surface area contributed by atoms with Crippen LogP contribution in [0.2, 0.25) is 0 Å². The molecule has 0 N–H and O–H groups in total. The molecule has 0 aromatic carbocycles. The van der Waals surface area contributed by atoms with Gasteiger partial charge < -0.3 is 0 Å². The molecule has 3 rings (SSSR count). The topological polar surface area (TPSA) is 0 Å². The number of rotatable bonds is 0. The van der Waals surface area contributed by atoms with Crippen molar-refractivity contribution in [1.29, 1.82) is 0 Å². The van der Waals surface area contributed by atoms with E-state index in [2.05, 4.69) is 0 Å². The van der Waals surface area contributed by atoms with Crippen molar-refractivity contribution in [1.82, 2.24) is 0 Å². The number of hydrogen-bond acceptors (Lipinski definition) is 0. The molecule has 0 spiro atoms. The van der Waals surface area contributed by atoms with E-state index in [4.69, 9.17) is 0 Å². The largest absolute Gasteiger partial charge is 0.0667 e. The summed E-state index contributed by atoms with van der Waals surface area (Å²) in [6.45, 7) is 0. The van der Waals surface area contributed by atoms with E-state index in [-0.39, 0.29) is 0 Å². The summed E-state index contributed by atoms with van der Waals surface area (Å²) in [5.74, 6) is 0. The lowest BCUT2D eigenvalue weighted by Crippen LogP contribution is -2.00. The van der Waals surface area contributed by atoms with Crippen molar-refractivity contribution < 1.29 is 0 Å². The van der Waals surface area contributed by atoms with Crippen LogP contribution in [0.5, 0.6) is 0 Å². The highest BCUT2D eigenvalue weighted by Gasteiger charge is 2.20. The van der Waals surface area contributed by atoms with E-state index in [1.54, 1.807) is 0 Å². The Balaban J connectivity index is 1.92. The summed E-state index contributed by atoms with van der Waals surface area (Å²) in [7, 11) is 0. The highest BCUT2D eigenvalue weighted by Crippen LogP contribution is 2.39. The van der Waals surface area contributed by atoms with Gasteiger partial charge in [0.15, 0.2) is 0 Å². The summed E-state index contributed by atoms with van der Waals surface area (Å²) < 4.78 is 0. The lowest BCUT2D eigenvalue weighted by molar-refractivity contribution is 0.702. The summed E-state index contributed by atoms with van der Waals surface area (Å²) in [5.41, 5.74) is 7.54. The fraction of sp³-hybridized carbons (Fsp3) is 0.810. The molecule has 0 saturated heterocycles. The van der Waals surface area contributed by atoms with Crippen molar-refractivity contribution in [2.75, 3.05) is 0 Å². The van der Waals surface area contributed by atoms with Crippen molar-refractivity contribution in [2.24, 2.45) is 0 Å². The lowest BCUT2D eigenvalue weighted by Gasteiger charge is -2.19. The SMILES string of the molecule is C1CCCC(=C2CCCCCC2=C2CCCCCC2)CC1. The van der Waals surface area contributed by atoms with E-state index in [9.17, 15) is 0 Å². The van der Waals surface area contributed by atoms with Crippen LogP contribution in [0.25, 0.3) is 0 Å². The average molecular weight is 287 g/mol. The maximum Gasteiger partial charge on any atom is -0.0277 e. The molecule has 0 aliphatic heterocycles. The van der Waals surface area contributed by atoms with Gasteiger partial charge in [-0.1, -0.05) is 43.3 Å². The van der Waals surface area contributed by atoms with Crippen LogP contribution in [0.4, 0.5) is 0 Å². The zero-order valence-corrected chi connectivity index (χ0v) is 14.0. The molecule has 0 radical (unpaired) electrons. The minimum atomic E-state index is 1.41. The van der Waals surface area contributed by atoms with Gasteiger partial charge in [0.1, 0.15) is 0 Å². The fourth-order valence-electron chi connectivity index (χ4n) is 4.78. The first-order valence-electron chi connectivity index (χ1n) is 9.87. The Morgan fingerprint density at radius 1 is 0.286 bits per heavy atom. The predicted octanol–water partition coefficient (Wildman–Crippen LogP) is 7.25. The van der Waals surface area contributed by atoms with E-state index in [0.29, 0.717) is 0 Å². The van der Waals surface area contributed by atoms with Crippen molar-refractivity contribution >= 4 is 0 Å². The number of hydrogen-bond donors (Lipinski definition) is 0. The Morgan fingerprint density at radius 2 is 0.571 bits per heavy atom. The van der Waals surface area contributed by atoms with Gasteiger partial charge in [-0.25, -0.2) is 0 Å². The predicted molar refractivity (Wildman–Crippen MR) is 92.5 cm³/mol. The van der Waals surface area contributed by atoms with Crippen molar-refractivity contribution in [3.8, 4) is 0 Å². The van der Waals surface area contributed by atoms with Gasteiger partial charge in [0, 0.05) is 0 Å². The average Bonchev–Trinajstić information content (AvgIpc) is 3.01. The summed E-state index contributed by atoms with van der Waals surface area (Å²) in [4.78, 5) is 0. The number of allylic oxidation sites excluding steroid dienone is 4. The molecule has 3 aliphatic carbocycles. The zero-order valence-electron chi connectivity index (χ0n) is 14.0. The molecule has 0 heterocycles. The molecule has 0 heteroatoms. The molecule has 0 amide bonds. The summed E-state index contributed by atoms with van der Waals surface area (Å²) in [6.07, 6.45) is 24.6. The van der Waals surface area contributed by atoms with E-state index in [0.717, 1.165) is 0 Å². The Labute approximate surface area is 132 Å². The van der Waals surface area contributed by atoms with Crippen LogP contribution in [0.1, 0.15) is 109 Å². The Bertz CT molecular complexity index is 338. The third-order valence-corrected chi connectivity index (χ3v) is 5.99. The monoisotopic (exact) mass is 286 g/mol. The highest BCUT2D eigenvalue weighted by molar-refractivity contribution is 5.40. The molecule has 3 fully saturated rings. The molecule has 0 bridgehead atoms. The minimum Gasteiger partial charge on any atom is -0.0667 e. The van der Waals surface area contributed by atoms with Gasteiger partial charge >= 0.3 is 0 Å². The van der Waals surface area contributed by atoms with Gasteiger partial charge in [-0.05, 0) is 88.2 Å². The second kappa shape index (κ2) is 8.20. The Kier molecular flexibility index (Phi) is 6.01. The van der Waals surface area contributed by atoms with Crippen molar-refractivity contribution in [3.05, 3.63) is 22.3 Å². The van der Waals surface area contributed by atoms with E-state index >= 15 is 0 Å². The highest BCUT2D eigenvalue weighted by atomic mass is 14.3. The lowest BCUT2D eigenvalue weighted by atomic mass is 9.86. The van der Waals surface area contributed by atoms with E-state index < -0.39 is 0 Å². The van der Waals surface area contributed by atoms with Crippen LogP contribution in [0.3, 0.4) is 0 Å². The third-order valence-electron chi connectivity index (χ3n) is 5.99. The first kappa shape index (κ1) is 15.4. The van der Waals surface area contributed by atoms with Gasteiger partial charge in [-0.2, -0.15) is 0 Å². The van der Waals surface area contributed by atoms with Crippen LogP contribution in [-0.4, -0.2) is 0 Å². The molecule has 0 aromatic heterocycles. The maximum absolute atomic E-state index is 1.89. The molecule has 21 heavy (non-hydrogen) atoms. The van der Waals surface area contributed by atoms with Gasteiger partial charge in [-0.15, -0.1) is 0 Å². The molecule has 0 nitrogen and oxygen atoms in total. The first-order chi connectivity index (χ1) is 10.4. The van der Waals surface area contributed by atoms with Crippen LogP contribution >= 0.6 is 0 Å². The maximum atomic E-state index is 1.89. The standard InChI is InChI=1S/C21H34/c1-2-7-13-18(12-6-1)20-16-10-5-11-17-21(20)19-14-8-3-4-9-15-19/h1-17H2. The molecule has 0 atom stereocenters. The van der Waals surface area contributed by atoms with Gasteiger partial charge in [0.2, 0.25) is 0 Å².